The van der Waals surface area contributed by atoms with Crippen molar-refractivity contribution in [1.29, 1.82) is 0 Å². The van der Waals surface area contributed by atoms with Crippen molar-refractivity contribution in [2.24, 2.45) is 5.10 Å². The Balaban J connectivity index is 1.81. The highest BCUT2D eigenvalue weighted by atomic mass is 32.1. The zero-order valence-electron chi connectivity index (χ0n) is 14.1. The number of fused-ring (bicyclic) bond motifs is 1. The number of rotatable bonds is 4. The second-order valence-corrected chi connectivity index (χ2v) is 6.06. The highest BCUT2D eigenvalue weighted by Gasteiger charge is 2.12. The Labute approximate surface area is 155 Å². The van der Waals surface area contributed by atoms with Crippen LogP contribution in [0.15, 0.2) is 71.8 Å². The maximum atomic E-state index is 5.43. The van der Waals surface area contributed by atoms with Crippen LogP contribution in [0.25, 0.3) is 22.2 Å². The molecule has 0 atom stereocenters. The van der Waals surface area contributed by atoms with Crippen LogP contribution in [0.1, 0.15) is 5.56 Å². The lowest BCUT2D eigenvalue weighted by molar-refractivity contribution is 0.416. The second kappa shape index (κ2) is 6.93. The summed E-state index contributed by atoms with van der Waals surface area (Å²) in [5.74, 6) is 1.31. The van der Waals surface area contributed by atoms with E-state index in [1.165, 1.54) is 0 Å². The first-order valence-corrected chi connectivity index (χ1v) is 8.51. The maximum absolute atomic E-state index is 5.43. The van der Waals surface area contributed by atoms with Gasteiger partial charge in [-0.3, -0.25) is 0 Å². The molecule has 1 N–H and O–H groups in total. The van der Waals surface area contributed by atoms with E-state index in [0.29, 0.717) is 16.3 Å². The number of hydrogen-bond acceptors (Lipinski definition) is 4. The normalized spacial score (nSPS) is 11.3. The Kier molecular flexibility index (Phi) is 4.33. The quantitative estimate of drug-likeness (QED) is 0.426. The molecule has 0 aliphatic heterocycles. The molecule has 0 unspecified atom stereocenters. The van der Waals surface area contributed by atoms with Gasteiger partial charge in [-0.05, 0) is 35.1 Å². The van der Waals surface area contributed by atoms with Gasteiger partial charge < -0.3 is 4.74 Å². The molecule has 4 aromatic rings. The molecule has 128 valence electrons. The maximum Gasteiger partial charge on any atom is 0.216 e. The van der Waals surface area contributed by atoms with Gasteiger partial charge in [0.25, 0.3) is 0 Å². The van der Waals surface area contributed by atoms with Gasteiger partial charge in [0, 0.05) is 5.56 Å². The molecule has 6 heteroatoms. The van der Waals surface area contributed by atoms with Gasteiger partial charge >= 0.3 is 0 Å². The fourth-order valence-corrected chi connectivity index (χ4v) is 3.06. The number of methoxy groups -OCH3 is 1. The molecular formula is C20H16N4OS. The fraction of sp³-hybridized carbons (Fsp3) is 0.0500. The lowest BCUT2D eigenvalue weighted by atomic mass is 10.1. The first kappa shape index (κ1) is 16.2. The molecule has 0 saturated carbocycles. The number of nitrogens with one attached hydrogen (secondary N) is 1. The first-order valence-electron chi connectivity index (χ1n) is 8.11. The number of aromatic amines is 1. The number of ether oxygens (including phenoxy) is 1. The van der Waals surface area contributed by atoms with Crippen LogP contribution in [0.5, 0.6) is 5.75 Å². The largest absolute Gasteiger partial charge is 0.496 e. The van der Waals surface area contributed by atoms with Gasteiger partial charge in [-0.25, -0.2) is 5.10 Å². The van der Waals surface area contributed by atoms with Crippen molar-refractivity contribution >= 4 is 29.2 Å². The van der Waals surface area contributed by atoms with Crippen LogP contribution >= 0.6 is 12.2 Å². The van der Waals surface area contributed by atoms with Crippen molar-refractivity contribution in [3.8, 4) is 17.1 Å². The number of para-hydroxylation sites is 1. The van der Waals surface area contributed by atoms with Crippen LogP contribution in [0.2, 0.25) is 0 Å². The monoisotopic (exact) mass is 360 g/mol. The third-order valence-corrected chi connectivity index (χ3v) is 4.40. The van der Waals surface area contributed by atoms with Crippen molar-refractivity contribution < 1.29 is 4.74 Å². The molecule has 3 aromatic carbocycles. The van der Waals surface area contributed by atoms with Crippen molar-refractivity contribution in [3.63, 3.8) is 0 Å². The molecule has 0 aliphatic rings. The van der Waals surface area contributed by atoms with Gasteiger partial charge in [-0.1, -0.05) is 54.6 Å². The van der Waals surface area contributed by atoms with Crippen LogP contribution < -0.4 is 4.74 Å². The van der Waals surface area contributed by atoms with Crippen molar-refractivity contribution in [2.75, 3.05) is 7.11 Å². The van der Waals surface area contributed by atoms with Crippen LogP contribution in [0.3, 0.4) is 0 Å². The van der Waals surface area contributed by atoms with Gasteiger partial charge in [-0.15, -0.1) is 0 Å². The lowest BCUT2D eigenvalue weighted by Crippen LogP contribution is -1.97. The second-order valence-electron chi connectivity index (χ2n) is 5.68. The highest BCUT2D eigenvalue weighted by molar-refractivity contribution is 7.71. The van der Waals surface area contributed by atoms with E-state index in [9.17, 15) is 0 Å². The van der Waals surface area contributed by atoms with E-state index in [1.807, 2.05) is 48.5 Å². The van der Waals surface area contributed by atoms with Gasteiger partial charge in [-0.2, -0.15) is 14.9 Å². The van der Waals surface area contributed by atoms with Gasteiger partial charge in [0.1, 0.15) is 5.75 Å². The molecule has 1 heterocycles. The average Bonchev–Trinajstić information content (AvgIpc) is 3.06. The molecule has 0 bridgehead atoms. The Bertz CT molecular complexity index is 1150. The third-order valence-electron chi connectivity index (χ3n) is 4.13. The zero-order valence-corrected chi connectivity index (χ0v) is 14.9. The van der Waals surface area contributed by atoms with E-state index in [1.54, 1.807) is 18.0 Å². The predicted molar refractivity (Wildman–Crippen MR) is 106 cm³/mol. The fourth-order valence-electron chi connectivity index (χ4n) is 2.89. The van der Waals surface area contributed by atoms with Crippen molar-refractivity contribution in [3.05, 3.63) is 77.1 Å². The van der Waals surface area contributed by atoms with Crippen LogP contribution in [0, 0.1) is 4.77 Å². The average molecular weight is 360 g/mol. The number of benzene rings is 3. The van der Waals surface area contributed by atoms with Gasteiger partial charge in [0.15, 0.2) is 5.82 Å². The zero-order chi connectivity index (χ0) is 17.9. The number of aromatic nitrogens is 3. The molecule has 5 nitrogen and oxygen atoms in total. The van der Waals surface area contributed by atoms with Crippen LogP contribution in [-0.4, -0.2) is 28.2 Å². The minimum absolute atomic E-state index is 0.419. The Morgan fingerprint density at radius 2 is 1.81 bits per heavy atom. The molecule has 0 amide bonds. The molecule has 4 rings (SSSR count). The summed E-state index contributed by atoms with van der Waals surface area (Å²) >= 11 is 5.35. The van der Waals surface area contributed by atoms with E-state index < -0.39 is 0 Å². The summed E-state index contributed by atoms with van der Waals surface area (Å²) in [7, 11) is 1.63. The molecule has 1 aromatic heterocycles. The van der Waals surface area contributed by atoms with Crippen LogP contribution in [-0.2, 0) is 0 Å². The molecule has 0 saturated heterocycles. The third kappa shape index (κ3) is 2.91. The molecule has 0 radical (unpaired) electrons. The summed E-state index contributed by atoms with van der Waals surface area (Å²) in [6.45, 7) is 0. The minimum atomic E-state index is 0.419. The van der Waals surface area contributed by atoms with E-state index in [0.717, 1.165) is 21.9 Å². The number of H-pyrrole nitrogens is 1. The number of hydrogen-bond donors (Lipinski definition) is 1. The van der Waals surface area contributed by atoms with E-state index in [2.05, 4.69) is 33.5 Å². The first-order chi connectivity index (χ1) is 12.8. The Morgan fingerprint density at radius 1 is 1.04 bits per heavy atom. The van der Waals surface area contributed by atoms with E-state index in [4.69, 9.17) is 17.0 Å². The van der Waals surface area contributed by atoms with Crippen molar-refractivity contribution in [2.45, 2.75) is 0 Å². The Hall–Kier alpha value is -3.25. The standard InChI is InChI=1S/C20H16N4OS/c1-25-18-12-5-4-11-17(18)19-22-23-20(26)24(19)21-13-15-9-6-8-14-7-2-3-10-16(14)15/h2-13H,1H3,(H,23,26)/b21-13+. The summed E-state index contributed by atoms with van der Waals surface area (Å²) in [6.07, 6.45) is 1.80. The predicted octanol–water partition coefficient (Wildman–Crippen LogP) is 4.65. The number of nitrogens with zero attached hydrogens (tertiary/aromatic N) is 3. The molecular weight excluding hydrogens is 344 g/mol. The molecule has 0 aliphatic carbocycles. The summed E-state index contributed by atoms with van der Waals surface area (Å²) in [4.78, 5) is 0. The van der Waals surface area contributed by atoms with E-state index in [-0.39, 0.29) is 0 Å². The highest BCUT2D eigenvalue weighted by Crippen LogP contribution is 2.28. The molecule has 0 spiro atoms. The topological polar surface area (TPSA) is 55.2 Å². The van der Waals surface area contributed by atoms with Gasteiger partial charge in [0.2, 0.25) is 4.77 Å². The Morgan fingerprint density at radius 3 is 2.69 bits per heavy atom. The smallest absolute Gasteiger partial charge is 0.216 e. The van der Waals surface area contributed by atoms with Crippen LogP contribution in [0.4, 0.5) is 0 Å². The summed E-state index contributed by atoms with van der Waals surface area (Å²) < 4.78 is 7.46. The van der Waals surface area contributed by atoms with Gasteiger partial charge in [0.05, 0.1) is 18.9 Å². The molecule has 0 fully saturated rings. The summed E-state index contributed by atoms with van der Waals surface area (Å²) in [5.41, 5.74) is 1.83. The minimum Gasteiger partial charge on any atom is -0.496 e. The SMILES string of the molecule is COc1ccccc1-c1n[nH]c(=S)n1/N=C/c1cccc2ccccc12. The summed E-state index contributed by atoms with van der Waals surface area (Å²) in [5, 5.41) is 14.0. The molecule has 26 heavy (non-hydrogen) atoms. The van der Waals surface area contributed by atoms with E-state index >= 15 is 0 Å². The lowest BCUT2D eigenvalue weighted by Gasteiger charge is -2.07. The van der Waals surface area contributed by atoms with Crippen molar-refractivity contribution in [1.82, 2.24) is 14.9 Å². The summed E-state index contributed by atoms with van der Waals surface area (Å²) in [6, 6.07) is 22.0.